The highest BCUT2D eigenvalue weighted by atomic mass is 19.4. The van der Waals surface area contributed by atoms with Crippen LogP contribution in [0.1, 0.15) is 33.0 Å². The second-order valence-electron chi connectivity index (χ2n) is 9.26. The molecular formula is C28H19F7N4O. The first-order valence-electron chi connectivity index (χ1n) is 11.8. The van der Waals surface area contributed by atoms with Gasteiger partial charge in [-0.15, -0.1) is 10.2 Å². The second-order valence-corrected chi connectivity index (χ2v) is 9.26. The number of carbonyl (C=O) groups is 1. The molecule has 0 bridgehead atoms. The number of nitrogens with zero attached hydrogens (tertiary/aromatic N) is 4. The average Bonchev–Trinajstić information content (AvgIpc) is 3.28. The van der Waals surface area contributed by atoms with Crippen LogP contribution in [0.4, 0.5) is 30.7 Å². The Kier molecular flexibility index (Phi) is 6.51. The third-order valence-electron chi connectivity index (χ3n) is 6.47. The Morgan fingerprint density at radius 1 is 0.850 bits per heavy atom. The molecule has 0 N–H and O–H groups in total. The number of hydrogen-bond acceptors (Lipinski definition) is 3. The molecule has 5 aromatic rings. The third kappa shape index (κ3) is 4.85. The van der Waals surface area contributed by atoms with Gasteiger partial charge in [0.1, 0.15) is 17.3 Å². The highest BCUT2D eigenvalue weighted by Crippen LogP contribution is 2.38. The number of fused-ring (bicyclic) bond motifs is 3. The van der Waals surface area contributed by atoms with E-state index in [9.17, 15) is 35.5 Å². The topological polar surface area (TPSA) is 50.5 Å². The molecule has 0 unspecified atom stereocenters. The van der Waals surface area contributed by atoms with E-state index in [1.54, 1.807) is 31.2 Å². The Hall–Kier alpha value is -4.48. The van der Waals surface area contributed by atoms with Gasteiger partial charge in [-0.1, -0.05) is 36.4 Å². The number of carbonyl (C=O) groups excluding carboxylic acids is 1. The van der Waals surface area contributed by atoms with Gasteiger partial charge in [0.15, 0.2) is 5.65 Å². The van der Waals surface area contributed by atoms with Crippen molar-refractivity contribution in [2.24, 2.45) is 0 Å². The standard InChI is InChI=1S/C28H19F7N4O/c1-15-36-37-25-22-6-4-3-5-21(22)23(17-7-9-20(29)10-8-17)24(39(15)25)26(40)38(2)14-16-11-18(27(30,31)32)13-19(12-16)28(33,34)35/h3-13H,14H2,1-2H3. The molecule has 206 valence electrons. The summed E-state index contributed by atoms with van der Waals surface area (Å²) in [6.07, 6.45) is -10.1. The van der Waals surface area contributed by atoms with Crippen LogP contribution in [0.3, 0.4) is 0 Å². The molecule has 3 aromatic carbocycles. The van der Waals surface area contributed by atoms with E-state index in [4.69, 9.17) is 0 Å². The summed E-state index contributed by atoms with van der Waals surface area (Å²) in [6, 6.07) is 13.6. The molecule has 0 spiro atoms. The molecule has 1 amide bonds. The molecule has 2 aromatic heterocycles. The van der Waals surface area contributed by atoms with E-state index in [0.29, 0.717) is 45.5 Å². The molecule has 5 rings (SSSR count). The normalized spacial score (nSPS) is 12.3. The lowest BCUT2D eigenvalue weighted by atomic mass is 9.96. The Morgan fingerprint density at radius 2 is 1.43 bits per heavy atom. The van der Waals surface area contributed by atoms with E-state index in [1.807, 2.05) is 0 Å². The number of alkyl halides is 6. The molecule has 0 atom stereocenters. The number of rotatable bonds is 4. The molecule has 0 radical (unpaired) electrons. The van der Waals surface area contributed by atoms with Crippen LogP contribution in [-0.2, 0) is 18.9 Å². The van der Waals surface area contributed by atoms with Crippen molar-refractivity contribution in [3.8, 4) is 11.1 Å². The van der Waals surface area contributed by atoms with E-state index < -0.39 is 41.7 Å². The zero-order valence-corrected chi connectivity index (χ0v) is 20.9. The van der Waals surface area contributed by atoms with Crippen molar-refractivity contribution >= 4 is 22.3 Å². The van der Waals surface area contributed by atoms with E-state index in [2.05, 4.69) is 10.2 Å². The minimum atomic E-state index is -5.03. The van der Waals surface area contributed by atoms with Gasteiger partial charge in [0.2, 0.25) is 0 Å². The predicted octanol–water partition coefficient (Wildman–Crippen LogP) is 7.31. The first-order valence-corrected chi connectivity index (χ1v) is 11.8. The summed E-state index contributed by atoms with van der Waals surface area (Å²) >= 11 is 0. The fourth-order valence-corrected chi connectivity index (χ4v) is 4.69. The number of benzene rings is 3. The molecule has 40 heavy (non-hydrogen) atoms. The van der Waals surface area contributed by atoms with Gasteiger partial charge in [-0.2, -0.15) is 26.3 Å². The number of hydrogen-bond donors (Lipinski definition) is 0. The zero-order valence-electron chi connectivity index (χ0n) is 20.9. The predicted molar refractivity (Wildman–Crippen MR) is 133 cm³/mol. The van der Waals surface area contributed by atoms with Crippen LogP contribution >= 0.6 is 0 Å². The number of pyridine rings is 1. The van der Waals surface area contributed by atoms with E-state index >= 15 is 0 Å². The van der Waals surface area contributed by atoms with Crippen LogP contribution in [-0.4, -0.2) is 32.5 Å². The van der Waals surface area contributed by atoms with Gasteiger partial charge in [-0.3, -0.25) is 9.20 Å². The van der Waals surface area contributed by atoms with Gasteiger partial charge < -0.3 is 4.90 Å². The first kappa shape index (κ1) is 27.1. The summed E-state index contributed by atoms with van der Waals surface area (Å²) in [7, 11) is 1.27. The maximum Gasteiger partial charge on any atom is 0.416 e. The molecule has 0 aliphatic carbocycles. The van der Waals surface area contributed by atoms with Gasteiger partial charge in [0.25, 0.3) is 5.91 Å². The van der Waals surface area contributed by atoms with Gasteiger partial charge in [-0.25, -0.2) is 4.39 Å². The smallest absolute Gasteiger partial charge is 0.336 e. The minimum Gasteiger partial charge on any atom is -0.336 e. The summed E-state index contributed by atoms with van der Waals surface area (Å²) in [5, 5.41) is 9.49. The number of aryl methyl sites for hydroxylation is 1. The van der Waals surface area contributed by atoms with Crippen molar-refractivity contribution in [1.82, 2.24) is 19.5 Å². The molecule has 0 saturated heterocycles. The van der Waals surface area contributed by atoms with Crippen LogP contribution < -0.4 is 0 Å². The van der Waals surface area contributed by atoms with Crippen LogP contribution in [0.5, 0.6) is 0 Å². The number of halogens is 7. The fraction of sp³-hybridized carbons (Fsp3) is 0.179. The average molecular weight is 560 g/mol. The summed E-state index contributed by atoms with van der Waals surface area (Å²) in [5.41, 5.74) is -2.13. The van der Waals surface area contributed by atoms with Crippen LogP contribution in [0, 0.1) is 12.7 Å². The lowest BCUT2D eigenvalue weighted by Crippen LogP contribution is -2.29. The van der Waals surface area contributed by atoms with Crippen molar-refractivity contribution in [3.63, 3.8) is 0 Å². The molecule has 0 saturated carbocycles. The third-order valence-corrected chi connectivity index (χ3v) is 6.47. The molecule has 5 nitrogen and oxygen atoms in total. The quantitative estimate of drug-likeness (QED) is 0.217. The lowest BCUT2D eigenvalue weighted by Gasteiger charge is -2.23. The van der Waals surface area contributed by atoms with Gasteiger partial charge in [0.05, 0.1) is 11.1 Å². The Labute approximate surface area is 222 Å². The minimum absolute atomic E-state index is 0.0216. The number of amides is 1. The summed E-state index contributed by atoms with van der Waals surface area (Å²) < 4.78 is 95.7. The molecule has 0 fully saturated rings. The van der Waals surface area contributed by atoms with Gasteiger partial charge >= 0.3 is 12.4 Å². The van der Waals surface area contributed by atoms with Gasteiger partial charge in [0, 0.05) is 24.5 Å². The fourth-order valence-electron chi connectivity index (χ4n) is 4.69. The van der Waals surface area contributed by atoms with Crippen molar-refractivity contribution in [3.05, 3.63) is 101 Å². The largest absolute Gasteiger partial charge is 0.416 e. The summed E-state index contributed by atoms with van der Waals surface area (Å²) in [5.74, 6) is -0.909. The highest BCUT2D eigenvalue weighted by Gasteiger charge is 2.37. The first-order chi connectivity index (χ1) is 18.8. The van der Waals surface area contributed by atoms with Crippen LogP contribution in [0.2, 0.25) is 0 Å². The van der Waals surface area contributed by atoms with Crippen molar-refractivity contribution in [2.75, 3.05) is 7.05 Å². The molecule has 0 aliphatic rings. The van der Waals surface area contributed by atoms with Crippen molar-refractivity contribution in [1.29, 1.82) is 0 Å². The van der Waals surface area contributed by atoms with Crippen molar-refractivity contribution < 1.29 is 35.5 Å². The zero-order chi connectivity index (χ0) is 29.0. The van der Waals surface area contributed by atoms with Crippen molar-refractivity contribution in [2.45, 2.75) is 25.8 Å². The Bertz CT molecular complexity index is 1720. The maximum absolute atomic E-state index is 14.0. The van der Waals surface area contributed by atoms with Gasteiger partial charge in [-0.05, 0) is 53.8 Å². The van der Waals surface area contributed by atoms with Crippen LogP contribution in [0.15, 0.2) is 66.7 Å². The Morgan fingerprint density at radius 3 is 2.00 bits per heavy atom. The molecule has 2 heterocycles. The SMILES string of the molecule is Cc1nnc2c3ccccc3c(-c3ccc(F)cc3)c(C(=O)N(C)Cc3cc(C(F)(F)F)cc(C(F)(F)F)c3)n12. The summed E-state index contributed by atoms with van der Waals surface area (Å²) in [4.78, 5) is 15.0. The lowest BCUT2D eigenvalue weighted by molar-refractivity contribution is -0.143. The summed E-state index contributed by atoms with van der Waals surface area (Å²) in [6.45, 7) is 1.03. The Balaban J connectivity index is 1.70. The van der Waals surface area contributed by atoms with Crippen LogP contribution in [0.25, 0.3) is 27.5 Å². The van der Waals surface area contributed by atoms with E-state index in [-0.39, 0.29) is 17.3 Å². The maximum atomic E-state index is 14.0. The van der Waals surface area contributed by atoms with E-state index in [0.717, 1.165) is 4.90 Å². The number of aromatic nitrogens is 3. The second kappa shape index (κ2) is 9.61. The monoisotopic (exact) mass is 560 g/mol. The molecule has 12 heteroatoms. The molecule has 0 aliphatic heterocycles. The highest BCUT2D eigenvalue weighted by molar-refractivity contribution is 6.12. The van der Waals surface area contributed by atoms with E-state index in [1.165, 1.54) is 35.7 Å². The molecular weight excluding hydrogens is 541 g/mol.